The number of hydrogen-bond donors (Lipinski definition) is 1. The lowest BCUT2D eigenvalue weighted by Crippen LogP contribution is -2.45. The smallest absolute Gasteiger partial charge is 0.126 e. The topological polar surface area (TPSA) is 21.3 Å². The van der Waals surface area contributed by atoms with Crippen molar-refractivity contribution in [3.05, 3.63) is 30.1 Å². The second kappa shape index (κ2) is 6.01. The third kappa shape index (κ3) is 3.43. The third-order valence-corrected chi connectivity index (χ3v) is 3.25. The van der Waals surface area contributed by atoms with Crippen molar-refractivity contribution >= 4 is 0 Å². The van der Waals surface area contributed by atoms with Crippen molar-refractivity contribution in [2.45, 2.75) is 44.8 Å². The van der Waals surface area contributed by atoms with Crippen molar-refractivity contribution in [3.63, 3.8) is 0 Å². The molecule has 0 heterocycles. The summed E-state index contributed by atoms with van der Waals surface area (Å²) in [5.41, 5.74) is 0. The van der Waals surface area contributed by atoms with Crippen LogP contribution < -0.4 is 10.1 Å². The van der Waals surface area contributed by atoms with Crippen molar-refractivity contribution in [3.8, 4) is 5.75 Å². The summed E-state index contributed by atoms with van der Waals surface area (Å²) in [6.07, 6.45) is 4.82. The van der Waals surface area contributed by atoms with Crippen LogP contribution in [0.1, 0.15) is 32.6 Å². The molecule has 1 aliphatic rings. The van der Waals surface area contributed by atoms with Crippen molar-refractivity contribution in [2.24, 2.45) is 0 Å². The fourth-order valence-corrected chi connectivity index (χ4v) is 2.45. The van der Waals surface area contributed by atoms with Crippen molar-refractivity contribution in [1.29, 1.82) is 0 Å². The molecule has 2 unspecified atom stereocenters. The van der Waals surface area contributed by atoms with E-state index in [1.807, 2.05) is 6.07 Å². The summed E-state index contributed by atoms with van der Waals surface area (Å²) >= 11 is 0. The van der Waals surface area contributed by atoms with Crippen LogP contribution in [0.5, 0.6) is 5.75 Å². The molecule has 1 saturated carbocycles. The van der Waals surface area contributed by atoms with Crippen molar-refractivity contribution in [2.75, 3.05) is 6.54 Å². The first-order chi connectivity index (χ1) is 8.29. The minimum absolute atomic E-state index is 0.172. The Kier molecular flexibility index (Phi) is 4.37. The van der Waals surface area contributed by atoms with E-state index in [9.17, 15) is 4.39 Å². The number of nitrogens with one attached hydrogen (secondary N) is 1. The first-order valence-corrected chi connectivity index (χ1v) is 6.45. The van der Waals surface area contributed by atoms with Gasteiger partial charge in [0, 0.05) is 12.1 Å². The van der Waals surface area contributed by atoms with Gasteiger partial charge in [0.2, 0.25) is 0 Å². The van der Waals surface area contributed by atoms with Crippen LogP contribution in [0.4, 0.5) is 4.39 Å². The number of ether oxygens (including phenoxy) is 1. The van der Waals surface area contributed by atoms with Crippen LogP contribution >= 0.6 is 0 Å². The van der Waals surface area contributed by atoms with E-state index in [4.69, 9.17) is 4.74 Å². The fourth-order valence-electron chi connectivity index (χ4n) is 2.45. The zero-order chi connectivity index (χ0) is 12.1. The Morgan fingerprint density at radius 1 is 1.35 bits per heavy atom. The van der Waals surface area contributed by atoms with E-state index in [2.05, 4.69) is 12.2 Å². The maximum absolute atomic E-state index is 13.1. The molecule has 0 bridgehead atoms. The maximum atomic E-state index is 13.1. The van der Waals surface area contributed by atoms with Crippen molar-refractivity contribution in [1.82, 2.24) is 5.32 Å². The average molecular weight is 237 g/mol. The Balaban J connectivity index is 2.00. The number of likely N-dealkylation sites (N-methyl/N-ethyl adjacent to an activating group) is 1. The molecule has 2 atom stereocenters. The van der Waals surface area contributed by atoms with Gasteiger partial charge < -0.3 is 10.1 Å². The van der Waals surface area contributed by atoms with Crippen LogP contribution in [0, 0.1) is 5.82 Å². The molecule has 17 heavy (non-hydrogen) atoms. The highest BCUT2D eigenvalue weighted by Crippen LogP contribution is 2.24. The van der Waals surface area contributed by atoms with Gasteiger partial charge in [-0.1, -0.05) is 19.4 Å². The summed E-state index contributed by atoms with van der Waals surface area (Å²) in [6, 6.07) is 6.81. The normalized spacial score (nSPS) is 24.6. The maximum Gasteiger partial charge on any atom is 0.126 e. The van der Waals surface area contributed by atoms with Crippen LogP contribution in [0.15, 0.2) is 24.3 Å². The zero-order valence-corrected chi connectivity index (χ0v) is 10.3. The minimum atomic E-state index is -0.238. The Bertz CT molecular complexity index is 354. The van der Waals surface area contributed by atoms with Crippen LogP contribution in [0.2, 0.25) is 0 Å². The van der Waals surface area contributed by atoms with Crippen molar-refractivity contribution < 1.29 is 9.13 Å². The highest BCUT2D eigenvalue weighted by atomic mass is 19.1. The second-order valence-corrected chi connectivity index (χ2v) is 4.56. The average Bonchev–Trinajstić information content (AvgIpc) is 2.32. The molecule has 2 nitrogen and oxygen atoms in total. The summed E-state index contributed by atoms with van der Waals surface area (Å²) in [6.45, 7) is 3.06. The lowest BCUT2D eigenvalue weighted by Gasteiger charge is -2.32. The predicted molar refractivity (Wildman–Crippen MR) is 66.7 cm³/mol. The van der Waals surface area contributed by atoms with Crippen LogP contribution in [-0.4, -0.2) is 18.7 Å². The van der Waals surface area contributed by atoms with Gasteiger partial charge in [0.05, 0.1) is 0 Å². The highest BCUT2D eigenvalue weighted by molar-refractivity contribution is 5.23. The van der Waals surface area contributed by atoms with Crippen LogP contribution in [0.3, 0.4) is 0 Å². The molecule has 1 aromatic carbocycles. The quantitative estimate of drug-likeness (QED) is 0.868. The van der Waals surface area contributed by atoms with Gasteiger partial charge in [-0.05, 0) is 37.9 Å². The Labute approximate surface area is 102 Å². The van der Waals surface area contributed by atoms with E-state index in [0.29, 0.717) is 11.8 Å². The molecule has 1 aromatic rings. The van der Waals surface area contributed by atoms with Gasteiger partial charge in [-0.25, -0.2) is 4.39 Å². The zero-order valence-electron chi connectivity index (χ0n) is 10.3. The monoisotopic (exact) mass is 237 g/mol. The molecular weight excluding hydrogens is 217 g/mol. The predicted octanol–water partition coefficient (Wildman–Crippen LogP) is 3.13. The molecule has 0 radical (unpaired) electrons. The van der Waals surface area contributed by atoms with E-state index in [0.717, 1.165) is 19.4 Å². The minimum Gasteiger partial charge on any atom is -0.489 e. The number of rotatable bonds is 4. The molecule has 0 aliphatic heterocycles. The second-order valence-electron chi connectivity index (χ2n) is 4.56. The SMILES string of the molecule is CCNC1CCCCC1Oc1cccc(F)c1. The Hall–Kier alpha value is -1.09. The first-order valence-electron chi connectivity index (χ1n) is 6.45. The lowest BCUT2D eigenvalue weighted by molar-refractivity contribution is 0.114. The largest absolute Gasteiger partial charge is 0.489 e. The molecule has 94 valence electrons. The highest BCUT2D eigenvalue weighted by Gasteiger charge is 2.25. The van der Waals surface area contributed by atoms with Gasteiger partial charge in [0.1, 0.15) is 17.7 Å². The molecule has 0 aromatic heterocycles. The van der Waals surface area contributed by atoms with Gasteiger partial charge in [-0.15, -0.1) is 0 Å². The molecule has 0 spiro atoms. The van der Waals surface area contributed by atoms with E-state index in [-0.39, 0.29) is 11.9 Å². The van der Waals surface area contributed by atoms with Gasteiger partial charge in [-0.3, -0.25) is 0 Å². The standard InChI is InChI=1S/C14H20FNO/c1-2-16-13-8-3-4-9-14(13)17-12-7-5-6-11(15)10-12/h5-7,10,13-14,16H,2-4,8-9H2,1H3. The summed E-state index contributed by atoms with van der Waals surface area (Å²) in [4.78, 5) is 0. The molecule has 0 saturated heterocycles. The summed E-state index contributed by atoms with van der Waals surface area (Å²) in [5, 5.41) is 3.45. The van der Waals surface area contributed by atoms with E-state index in [1.165, 1.54) is 25.0 Å². The lowest BCUT2D eigenvalue weighted by atomic mass is 9.92. The molecule has 3 heteroatoms. The number of benzene rings is 1. The summed E-state index contributed by atoms with van der Waals surface area (Å²) in [7, 11) is 0. The van der Waals surface area contributed by atoms with E-state index in [1.54, 1.807) is 6.07 Å². The van der Waals surface area contributed by atoms with Gasteiger partial charge in [-0.2, -0.15) is 0 Å². The number of hydrogen-bond acceptors (Lipinski definition) is 2. The van der Waals surface area contributed by atoms with Crippen LogP contribution in [-0.2, 0) is 0 Å². The van der Waals surface area contributed by atoms with Gasteiger partial charge in [0.15, 0.2) is 0 Å². The van der Waals surface area contributed by atoms with E-state index < -0.39 is 0 Å². The molecule has 1 aliphatic carbocycles. The van der Waals surface area contributed by atoms with E-state index >= 15 is 0 Å². The summed E-state index contributed by atoms with van der Waals surface area (Å²) in [5.74, 6) is 0.401. The van der Waals surface area contributed by atoms with Gasteiger partial charge >= 0.3 is 0 Å². The molecule has 1 fully saturated rings. The molecule has 2 rings (SSSR count). The number of halogens is 1. The molecule has 1 N–H and O–H groups in total. The fraction of sp³-hybridized carbons (Fsp3) is 0.571. The Morgan fingerprint density at radius 3 is 2.94 bits per heavy atom. The van der Waals surface area contributed by atoms with Crippen LogP contribution in [0.25, 0.3) is 0 Å². The summed E-state index contributed by atoms with van der Waals surface area (Å²) < 4.78 is 19.0. The molecular formula is C14H20FNO. The third-order valence-electron chi connectivity index (χ3n) is 3.25. The molecule has 0 amide bonds. The van der Waals surface area contributed by atoms with Gasteiger partial charge in [0.25, 0.3) is 0 Å². The Morgan fingerprint density at radius 2 is 2.18 bits per heavy atom. The first kappa shape index (κ1) is 12.4.